The van der Waals surface area contributed by atoms with Crippen LogP contribution in [0.2, 0.25) is 5.02 Å². The van der Waals surface area contributed by atoms with E-state index in [1.807, 2.05) is 18.2 Å². The second-order valence-electron chi connectivity index (χ2n) is 5.88. The minimum absolute atomic E-state index is 0.732. The van der Waals surface area contributed by atoms with Crippen molar-refractivity contribution in [1.29, 1.82) is 0 Å². The molecule has 3 aromatic rings. The third-order valence-electron chi connectivity index (χ3n) is 4.42. The molecule has 0 amide bonds. The van der Waals surface area contributed by atoms with Crippen LogP contribution < -0.4 is 4.90 Å². The average Bonchev–Trinajstić information content (AvgIpc) is 2.88. The minimum Gasteiger partial charge on any atom is -0.355 e. The largest absolute Gasteiger partial charge is 0.355 e. The molecule has 1 aromatic carbocycles. The van der Waals surface area contributed by atoms with Crippen molar-refractivity contribution in [1.82, 2.24) is 15.0 Å². The zero-order valence-corrected chi connectivity index (χ0v) is 12.7. The SMILES string of the molecule is CC1CCN(c2ncnc3c2[nH]c2cccc(Cl)c23)CC1. The number of hydrogen-bond donors (Lipinski definition) is 1. The number of piperidine rings is 1. The second-order valence-corrected chi connectivity index (χ2v) is 6.29. The lowest BCUT2D eigenvalue weighted by Crippen LogP contribution is -2.33. The zero-order valence-electron chi connectivity index (χ0n) is 11.9. The van der Waals surface area contributed by atoms with E-state index in [4.69, 9.17) is 11.6 Å². The van der Waals surface area contributed by atoms with Gasteiger partial charge in [-0.2, -0.15) is 0 Å². The van der Waals surface area contributed by atoms with Crippen LogP contribution in [0.1, 0.15) is 19.8 Å². The summed E-state index contributed by atoms with van der Waals surface area (Å²) >= 11 is 6.34. The first kappa shape index (κ1) is 12.9. The van der Waals surface area contributed by atoms with E-state index < -0.39 is 0 Å². The molecule has 4 nitrogen and oxygen atoms in total. The van der Waals surface area contributed by atoms with Gasteiger partial charge in [-0.25, -0.2) is 9.97 Å². The van der Waals surface area contributed by atoms with E-state index in [1.54, 1.807) is 6.33 Å². The van der Waals surface area contributed by atoms with Gasteiger partial charge >= 0.3 is 0 Å². The lowest BCUT2D eigenvalue weighted by Gasteiger charge is -2.31. The van der Waals surface area contributed by atoms with Crippen molar-refractivity contribution in [2.45, 2.75) is 19.8 Å². The summed E-state index contributed by atoms with van der Waals surface area (Å²) in [6, 6.07) is 5.89. The molecular formula is C16H17ClN4. The number of H-pyrrole nitrogens is 1. The maximum Gasteiger partial charge on any atom is 0.156 e. The van der Waals surface area contributed by atoms with Crippen LogP contribution in [0.25, 0.3) is 21.9 Å². The summed E-state index contributed by atoms with van der Waals surface area (Å²) in [4.78, 5) is 14.8. The molecule has 0 radical (unpaired) electrons. The fraction of sp³-hybridized carbons (Fsp3) is 0.375. The Bertz CT molecular complexity index is 802. The fourth-order valence-corrected chi connectivity index (χ4v) is 3.41. The first-order chi connectivity index (χ1) is 10.2. The Morgan fingerprint density at radius 1 is 1.24 bits per heavy atom. The smallest absolute Gasteiger partial charge is 0.156 e. The van der Waals surface area contributed by atoms with Gasteiger partial charge in [-0.3, -0.25) is 0 Å². The van der Waals surface area contributed by atoms with Crippen LogP contribution in [-0.4, -0.2) is 28.0 Å². The van der Waals surface area contributed by atoms with Gasteiger partial charge in [0.1, 0.15) is 17.4 Å². The summed E-state index contributed by atoms with van der Waals surface area (Å²) in [6.45, 7) is 4.42. The molecule has 3 heterocycles. The van der Waals surface area contributed by atoms with E-state index in [0.29, 0.717) is 0 Å². The molecule has 0 bridgehead atoms. The van der Waals surface area contributed by atoms with Crippen LogP contribution in [0.4, 0.5) is 5.82 Å². The molecule has 1 fully saturated rings. The summed E-state index contributed by atoms with van der Waals surface area (Å²) < 4.78 is 0. The monoisotopic (exact) mass is 300 g/mol. The van der Waals surface area contributed by atoms with E-state index in [1.165, 1.54) is 12.8 Å². The summed E-state index contributed by atoms with van der Waals surface area (Å²) in [5.41, 5.74) is 2.93. The zero-order chi connectivity index (χ0) is 14.4. The number of nitrogens with zero attached hydrogens (tertiary/aromatic N) is 3. The summed E-state index contributed by atoms with van der Waals surface area (Å²) in [5.74, 6) is 1.80. The van der Waals surface area contributed by atoms with Gasteiger partial charge in [0.15, 0.2) is 5.82 Å². The van der Waals surface area contributed by atoms with Gasteiger partial charge in [0, 0.05) is 24.0 Å². The molecule has 0 atom stereocenters. The number of halogens is 1. The number of hydrogen-bond acceptors (Lipinski definition) is 3. The van der Waals surface area contributed by atoms with Crippen LogP contribution in [-0.2, 0) is 0 Å². The van der Waals surface area contributed by atoms with Gasteiger partial charge in [-0.15, -0.1) is 0 Å². The topological polar surface area (TPSA) is 44.8 Å². The molecule has 0 aliphatic carbocycles. The maximum atomic E-state index is 6.34. The lowest BCUT2D eigenvalue weighted by atomic mass is 9.99. The van der Waals surface area contributed by atoms with Gasteiger partial charge in [0.25, 0.3) is 0 Å². The van der Waals surface area contributed by atoms with E-state index in [-0.39, 0.29) is 0 Å². The molecule has 5 heteroatoms. The quantitative estimate of drug-likeness (QED) is 0.739. The van der Waals surface area contributed by atoms with Crippen molar-refractivity contribution in [3.05, 3.63) is 29.5 Å². The second kappa shape index (κ2) is 4.88. The number of anilines is 1. The highest BCUT2D eigenvalue weighted by atomic mass is 35.5. The van der Waals surface area contributed by atoms with Crippen LogP contribution >= 0.6 is 11.6 Å². The van der Waals surface area contributed by atoms with Gasteiger partial charge < -0.3 is 9.88 Å². The van der Waals surface area contributed by atoms with Crippen molar-refractivity contribution in [2.24, 2.45) is 5.92 Å². The van der Waals surface area contributed by atoms with E-state index in [2.05, 4.69) is 26.8 Å². The highest BCUT2D eigenvalue weighted by Gasteiger charge is 2.21. The van der Waals surface area contributed by atoms with E-state index in [0.717, 1.165) is 51.8 Å². The van der Waals surface area contributed by atoms with Gasteiger partial charge in [-0.1, -0.05) is 24.6 Å². The predicted octanol–water partition coefficient (Wildman–Crippen LogP) is 4.00. The van der Waals surface area contributed by atoms with Gasteiger partial charge in [-0.05, 0) is 30.9 Å². The molecule has 21 heavy (non-hydrogen) atoms. The number of rotatable bonds is 1. The van der Waals surface area contributed by atoms with Gasteiger partial charge in [0.2, 0.25) is 0 Å². The molecule has 0 spiro atoms. The van der Waals surface area contributed by atoms with Crippen LogP contribution in [0.15, 0.2) is 24.5 Å². The molecule has 1 aliphatic heterocycles. The molecule has 2 aromatic heterocycles. The summed E-state index contributed by atoms with van der Waals surface area (Å²) in [5, 5.41) is 1.72. The molecule has 0 unspecified atom stereocenters. The third-order valence-corrected chi connectivity index (χ3v) is 4.74. The Labute approximate surface area is 128 Å². The number of aromatic nitrogens is 3. The Morgan fingerprint density at radius 3 is 2.86 bits per heavy atom. The van der Waals surface area contributed by atoms with Crippen molar-refractivity contribution in [2.75, 3.05) is 18.0 Å². The van der Waals surface area contributed by atoms with Crippen LogP contribution in [0, 0.1) is 5.92 Å². The maximum absolute atomic E-state index is 6.34. The average molecular weight is 301 g/mol. The van der Waals surface area contributed by atoms with E-state index in [9.17, 15) is 0 Å². The first-order valence-corrected chi connectivity index (χ1v) is 7.77. The number of aromatic amines is 1. The molecule has 1 saturated heterocycles. The van der Waals surface area contributed by atoms with Crippen LogP contribution in [0.3, 0.4) is 0 Å². The first-order valence-electron chi connectivity index (χ1n) is 7.40. The molecule has 1 N–H and O–H groups in total. The Kier molecular flexibility index (Phi) is 3.00. The van der Waals surface area contributed by atoms with Crippen molar-refractivity contribution >= 4 is 39.4 Å². The predicted molar refractivity (Wildman–Crippen MR) is 87.0 cm³/mol. The number of fused-ring (bicyclic) bond motifs is 3. The Hall–Kier alpha value is -1.81. The van der Waals surface area contributed by atoms with Crippen molar-refractivity contribution < 1.29 is 0 Å². The van der Waals surface area contributed by atoms with Crippen molar-refractivity contribution in [3.63, 3.8) is 0 Å². The van der Waals surface area contributed by atoms with E-state index >= 15 is 0 Å². The highest BCUT2D eigenvalue weighted by molar-refractivity contribution is 6.37. The standard InChI is InChI=1S/C16H17ClN4/c1-10-5-7-21(8-6-10)16-15-14(18-9-19-16)13-11(17)3-2-4-12(13)20-15/h2-4,9-10,20H,5-8H2,1H3. The Morgan fingerprint density at radius 2 is 2.05 bits per heavy atom. The summed E-state index contributed by atoms with van der Waals surface area (Å²) in [7, 11) is 0. The van der Waals surface area contributed by atoms with Crippen LogP contribution in [0.5, 0.6) is 0 Å². The highest BCUT2D eigenvalue weighted by Crippen LogP contribution is 2.34. The van der Waals surface area contributed by atoms with Gasteiger partial charge in [0.05, 0.1) is 5.02 Å². The molecule has 1 aliphatic rings. The minimum atomic E-state index is 0.732. The molecule has 4 rings (SSSR count). The molecule has 108 valence electrons. The number of benzene rings is 1. The Balaban J connectivity index is 1.90. The molecule has 0 saturated carbocycles. The summed E-state index contributed by atoms with van der Waals surface area (Å²) in [6.07, 6.45) is 4.07. The normalized spacial score (nSPS) is 17.0. The fourth-order valence-electron chi connectivity index (χ4n) is 3.14. The third kappa shape index (κ3) is 2.05. The number of nitrogens with one attached hydrogen (secondary N) is 1. The van der Waals surface area contributed by atoms with Crippen molar-refractivity contribution in [3.8, 4) is 0 Å². The molecular weight excluding hydrogens is 284 g/mol. The lowest BCUT2D eigenvalue weighted by molar-refractivity contribution is 0.437.